The third-order valence-electron chi connectivity index (χ3n) is 1.96. The molecule has 0 aliphatic carbocycles. The second-order valence-electron chi connectivity index (χ2n) is 3.24. The van der Waals surface area contributed by atoms with Crippen LogP contribution < -0.4 is 11.1 Å². The van der Waals surface area contributed by atoms with E-state index in [4.69, 9.17) is 10.8 Å². The first-order chi connectivity index (χ1) is 7.04. The van der Waals surface area contributed by atoms with Gasteiger partial charge in [0.1, 0.15) is 6.04 Å². The van der Waals surface area contributed by atoms with E-state index in [2.05, 4.69) is 21.2 Å². The highest BCUT2D eigenvalue weighted by Gasteiger charge is 2.11. The molecular formula is C10H13BrN2O2. The van der Waals surface area contributed by atoms with E-state index in [1.54, 1.807) is 6.07 Å². The highest BCUT2D eigenvalue weighted by molar-refractivity contribution is 9.10. The van der Waals surface area contributed by atoms with E-state index in [1.807, 2.05) is 19.1 Å². The molecule has 1 aromatic rings. The monoisotopic (exact) mass is 272 g/mol. The Morgan fingerprint density at radius 3 is 2.87 bits per heavy atom. The van der Waals surface area contributed by atoms with E-state index in [-0.39, 0.29) is 12.5 Å². The van der Waals surface area contributed by atoms with Crippen LogP contribution in [0.4, 0.5) is 5.69 Å². The summed E-state index contributed by atoms with van der Waals surface area (Å²) in [6, 6.07) is 4.55. The smallest absolute Gasteiger partial charge is 0.243 e. The number of nitrogens with one attached hydrogen (secondary N) is 1. The van der Waals surface area contributed by atoms with Crippen LogP contribution >= 0.6 is 15.9 Å². The van der Waals surface area contributed by atoms with Gasteiger partial charge in [0.25, 0.3) is 0 Å². The Morgan fingerprint density at radius 1 is 1.67 bits per heavy atom. The van der Waals surface area contributed by atoms with Gasteiger partial charge in [0.2, 0.25) is 5.91 Å². The van der Waals surface area contributed by atoms with Gasteiger partial charge in [-0.25, -0.2) is 0 Å². The number of hydrogen-bond donors (Lipinski definition) is 3. The van der Waals surface area contributed by atoms with Crippen molar-refractivity contribution in [1.29, 1.82) is 0 Å². The number of halogens is 1. The first kappa shape index (κ1) is 12.2. The summed E-state index contributed by atoms with van der Waals surface area (Å²) in [5, 5.41) is 11.3. The molecule has 4 N–H and O–H groups in total. The minimum atomic E-state index is -0.881. The first-order valence-corrected chi connectivity index (χ1v) is 5.27. The van der Waals surface area contributed by atoms with Crippen molar-refractivity contribution in [3.8, 4) is 0 Å². The summed E-state index contributed by atoms with van der Waals surface area (Å²) < 4.78 is 0.979. The zero-order valence-electron chi connectivity index (χ0n) is 8.33. The lowest BCUT2D eigenvalue weighted by atomic mass is 10.2. The van der Waals surface area contributed by atoms with E-state index < -0.39 is 6.04 Å². The van der Waals surface area contributed by atoms with E-state index in [0.717, 1.165) is 10.0 Å². The highest BCUT2D eigenvalue weighted by Crippen LogP contribution is 2.19. The number of benzene rings is 1. The summed E-state index contributed by atoms with van der Waals surface area (Å²) in [5.41, 5.74) is 7.05. The Balaban J connectivity index is 2.73. The Morgan fingerprint density at radius 2 is 2.33 bits per heavy atom. The van der Waals surface area contributed by atoms with Gasteiger partial charge in [0.15, 0.2) is 0 Å². The van der Waals surface area contributed by atoms with Gasteiger partial charge < -0.3 is 16.2 Å². The summed E-state index contributed by atoms with van der Waals surface area (Å²) >= 11 is 3.36. The maximum absolute atomic E-state index is 11.3. The lowest BCUT2D eigenvalue weighted by molar-refractivity contribution is -0.118. The molecular weight excluding hydrogens is 260 g/mol. The Labute approximate surface area is 96.6 Å². The fraction of sp³-hybridized carbons (Fsp3) is 0.300. The molecule has 0 bridgehead atoms. The van der Waals surface area contributed by atoms with E-state index in [0.29, 0.717) is 5.69 Å². The predicted octanol–water partition coefficient (Wildman–Crippen LogP) is 1.02. The van der Waals surface area contributed by atoms with Crippen LogP contribution in [0.3, 0.4) is 0 Å². The molecule has 0 radical (unpaired) electrons. The number of aryl methyl sites for hydroxylation is 1. The third kappa shape index (κ3) is 3.30. The number of anilines is 1. The molecule has 0 saturated carbocycles. The molecule has 1 atom stereocenters. The molecule has 1 unspecified atom stereocenters. The lowest BCUT2D eigenvalue weighted by Crippen LogP contribution is -2.38. The summed E-state index contributed by atoms with van der Waals surface area (Å²) in [6.07, 6.45) is 0. The standard InChI is InChI=1S/C10H13BrN2O2/c1-6-4-7(2-3-8(6)11)13-10(15)9(12)5-14/h2-4,9,14H,5,12H2,1H3,(H,13,15). The molecule has 5 heteroatoms. The molecule has 0 fully saturated rings. The molecule has 1 rings (SSSR count). The second kappa shape index (κ2) is 5.25. The van der Waals surface area contributed by atoms with Gasteiger partial charge in [-0.05, 0) is 30.7 Å². The second-order valence-corrected chi connectivity index (χ2v) is 4.10. The fourth-order valence-electron chi connectivity index (χ4n) is 1.04. The van der Waals surface area contributed by atoms with Crippen molar-refractivity contribution in [3.05, 3.63) is 28.2 Å². The van der Waals surface area contributed by atoms with E-state index >= 15 is 0 Å². The summed E-state index contributed by atoms with van der Waals surface area (Å²) in [7, 11) is 0. The summed E-state index contributed by atoms with van der Waals surface area (Å²) in [5.74, 6) is -0.390. The number of nitrogens with two attached hydrogens (primary N) is 1. The first-order valence-electron chi connectivity index (χ1n) is 4.48. The van der Waals surface area contributed by atoms with Crippen LogP contribution in [-0.4, -0.2) is 23.7 Å². The minimum Gasteiger partial charge on any atom is -0.394 e. The Hall–Kier alpha value is -0.910. The largest absolute Gasteiger partial charge is 0.394 e. The average Bonchev–Trinajstić information content (AvgIpc) is 2.22. The number of hydrogen-bond acceptors (Lipinski definition) is 3. The average molecular weight is 273 g/mol. The topological polar surface area (TPSA) is 75.4 Å². The van der Waals surface area contributed by atoms with Gasteiger partial charge in [-0.1, -0.05) is 15.9 Å². The Bertz CT molecular complexity index is 368. The third-order valence-corrected chi connectivity index (χ3v) is 2.85. The number of aliphatic hydroxyl groups is 1. The molecule has 1 amide bonds. The van der Waals surface area contributed by atoms with Crippen LogP contribution in [0.2, 0.25) is 0 Å². The molecule has 0 heterocycles. The normalized spacial score (nSPS) is 12.3. The molecule has 15 heavy (non-hydrogen) atoms. The summed E-state index contributed by atoms with van der Waals surface area (Å²) in [6.45, 7) is 1.56. The number of amides is 1. The minimum absolute atomic E-state index is 0.360. The van der Waals surface area contributed by atoms with Crippen LogP contribution in [0.15, 0.2) is 22.7 Å². The number of carbonyl (C=O) groups is 1. The van der Waals surface area contributed by atoms with Crippen molar-refractivity contribution in [3.63, 3.8) is 0 Å². The molecule has 82 valence electrons. The molecule has 0 aliphatic rings. The molecule has 1 aromatic carbocycles. The van der Waals surface area contributed by atoms with Crippen molar-refractivity contribution in [1.82, 2.24) is 0 Å². The van der Waals surface area contributed by atoms with Crippen LogP contribution in [0.25, 0.3) is 0 Å². The highest BCUT2D eigenvalue weighted by atomic mass is 79.9. The van der Waals surface area contributed by atoms with Gasteiger partial charge in [-0.3, -0.25) is 4.79 Å². The fourth-order valence-corrected chi connectivity index (χ4v) is 1.29. The van der Waals surface area contributed by atoms with Gasteiger partial charge in [-0.15, -0.1) is 0 Å². The SMILES string of the molecule is Cc1cc(NC(=O)C(N)CO)ccc1Br. The molecule has 0 saturated heterocycles. The van der Waals surface area contributed by atoms with Gasteiger partial charge in [-0.2, -0.15) is 0 Å². The zero-order valence-corrected chi connectivity index (χ0v) is 9.91. The summed E-state index contributed by atoms with van der Waals surface area (Å²) in [4.78, 5) is 11.3. The molecule has 0 aliphatic heterocycles. The van der Waals surface area contributed by atoms with Crippen LogP contribution in [0.1, 0.15) is 5.56 Å². The van der Waals surface area contributed by atoms with Crippen molar-refractivity contribution in [2.24, 2.45) is 5.73 Å². The maximum atomic E-state index is 11.3. The lowest BCUT2D eigenvalue weighted by Gasteiger charge is -2.10. The number of rotatable bonds is 3. The zero-order chi connectivity index (χ0) is 11.4. The molecule has 0 spiro atoms. The maximum Gasteiger partial charge on any atom is 0.243 e. The van der Waals surface area contributed by atoms with Crippen LogP contribution in [0.5, 0.6) is 0 Å². The van der Waals surface area contributed by atoms with Crippen molar-refractivity contribution in [2.45, 2.75) is 13.0 Å². The van der Waals surface area contributed by atoms with Crippen molar-refractivity contribution in [2.75, 3.05) is 11.9 Å². The van der Waals surface area contributed by atoms with E-state index in [9.17, 15) is 4.79 Å². The molecule has 4 nitrogen and oxygen atoms in total. The number of carbonyl (C=O) groups excluding carboxylic acids is 1. The van der Waals surface area contributed by atoms with Gasteiger partial charge in [0.05, 0.1) is 6.61 Å². The van der Waals surface area contributed by atoms with Crippen LogP contribution in [0, 0.1) is 6.92 Å². The Kier molecular flexibility index (Phi) is 4.26. The van der Waals surface area contributed by atoms with Crippen molar-refractivity contribution >= 4 is 27.5 Å². The quantitative estimate of drug-likeness (QED) is 0.769. The van der Waals surface area contributed by atoms with Crippen LogP contribution in [-0.2, 0) is 4.79 Å². The number of aliphatic hydroxyl groups excluding tert-OH is 1. The van der Waals surface area contributed by atoms with Crippen molar-refractivity contribution < 1.29 is 9.90 Å². The predicted molar refractivity (Wildman–Crippen MR) is 62.6 cm³/mol. The van der Waals surface area contributed by atoms with Gasteiger partial charge in [0, 0.05) is 10.2 Å². The van der Waals surface area contributed by atoms with E-state index in [1.165, 1.54) is 0 Å². The molecule has 0 aromatic heterocycles. The van der Waals surface area contributed by atoms with Gasteiger partial charge >= 0.3 is 0 Å².